The molecule has 0 fully saturated rings. The average molecular weight is 473 g/mol. The van der Waals surface area contributed by atoms with Crippen molar-refractivity contribution >= 4 is 22.6 Å². The molecule has 4 rings (SSSR count). The van der Waals surface area contributed by atoms with Crippen molar-refractivity contribution in [3.05, 3.63) is 77.4 Å². The molecular weight excluding hydrogens is 440 g/mol. The van der Waals surface area contributed by atoms with Gasteiger partial charge in [0, 0.05) is 12.3 Å². The summed E-state index contributed by atoms with van der Waals surface area (Å²) >= 11 is 0. The molecule has 1 amide bonds. The lowest BCUT2D eigenvalue weighted by Gasteiger charge is -2.20. The van der Waals surface area contributed by atoms with Gasteiger partial charge in [-0.25, -0.2) is 0 Å². The molecule has 0 bridgehead atoms. The Bertz CT molecular complexity index is 1270. The van der Waals surface area contributed by atoms with Crippen LogP contribution in [-0.4, -0.2) is 39.2 Å². The number of ether oxygens (including phenoxy) is 1. The van der Waals surface area contributed by atoms with Crippen LogP contribution in [0.15, 0.2) is 60.7 Å². The molecule has 0 radical (unpaired) electrons. The number of amides is 1. The number of aliphatic hydroxyl groups is 1. The number of aliphatic hydroxyl groups excluding tert-OH is 1. The number of carbonyl (C=O) groups is 1. The number of anilines is 1. The number of fused-ring (bicyclic) bond motifs is 1. The van der Waals surface area contributed by atoms with Crippen molar-refractivity contribution in [3.8, 4) is 11.4 Å². The molecule has 4 aromatic rings. The van der Waals surface area contributed by atoms with Crippen molar-refractivity contribution in [2.45, 2.75) is 46.0 Å². The quantitative estimate of drug-likeness (QED) is 0.349. The van der Waals surface area contributed by atoms with Gasteiger partial charge < -0.3 is 15.2 Å². The second-order valence-electron chi connectivity index (χ2n) is 9.21. The zero-order valence-corrected chi connectivity index (χ0v) is 20.7. The first kappa shape index (κ1) is 24.4. The maximum Gasteiger partial charge on any atom is 0.262 e. The van der Waals surface area contributed by atoms with Gasteiger partial charge in [0.15, 0.2) is 6.61 Å². The Kier molecular flexibility index (Phi) is 7.46. The number of rotatable bonds is 9. The Morgan fingerprint density at radius 1 is 0.943 bits per heavy atom. The number of hydrogen-bond acceptors (Lipinski definition) is 5. The van der Waals surface area contributed by atoms with Crippen molar-refractivity contribution in [2.75, 3.05) is 18.5 Å². The summed E-state index contributed by atoms with van der Waals surface area (Å²) < 4.78 is 5.98. The van der Waals surface area contributed by atoms with Crippen molar-refractivity contribution in [1.82, 2.24) is 15.0 Å². The molecule has 182 valence electrons. The predicted octanol–water partition coefficient (Wildman–Crippen LogP) is 5.22. The minimum Gasteiger partial charge on any atom is -0.481 e. The minimum atomic E-state index is -0.232. The maximum absolute atomic E-state index is 13.0. The first-order chi connectivity index (χ1) is 16.9. The summed E-state index contributed by atoms with van der Waals surface area (Å²) in [6, 6.07) is 19.3. The lowest BCUT2D eigenvalue weighted by atomic mass is 9.92. The van der Waals surface area contributed by atoms with Gasteiger partial charge >= 0.3 is 0 Å². The third kappa shape index (κ3) is 5.52. The Labute approximate surface area is 205 Å². The molecule has 7 heteroatoms. The molecule has 35 heavy (non-hydrogen) atoms. The molecule has 0 atom stereocenters. The van der Waals surface area contributed by atoms with Crippen LogP contribution in [0.25, 0.3) is 16.7 Å². The topological polar surface area (TPSA) is 89.3 Å². The number of carbonyl (C=O) groups excluding carboxylic acids is 1. The van der Waals surface area contributed by atoms with E-state index < -0.39 is 0 Å². The molecule has 1 heterocycles. The van der Waals surface area contributed by atoms with E-state index in [9.17, 15) is 9.90 Å². The largest absolute Gasteiger partial charge is 0.481 e. The van der Waals surface area contributed by atoms with E-state index in [0.717, 1.165) is 33.4 Å². The Morgan fingerprint density at radius 3 is 2.14 bits per heavy atom. The van der Waals surface area contributed by atoms with Crippen molar-refractivity contribution in [2.24, 2.45) is 0 Å². The van der Waals surface area contributed by atoms with Gasteiger partial charge in [0.05, 0.1) is 0 Å². The highest BCUT2D eigenvalue weighted by Crippen LogP contribution is 2.32. The summed E-state index contributed by atoms with van der Waals surface area (Å²) in [5, 5.41) is 21.6. The Balaban J connectivity index is 1.59. The SMILES string of the molecule is CC(C)c1cccc(C(C)C)c1NC(=O)COc1ccc(CCO)cc1-n1nc2ccccc2n1. The number of para-hydroxylation sites is 1. The third-order valence-electron chi connectivity index (χ3n) is 5.92. The monoisotopic (exact) mass is 472 g/mol. The van der Waals surface area contributed by atoms with Gasteiger partial charge in [0.25, 0.3) is 5.91 Å². The summed E-state index contributed by atoms with van der Waals surface area (Å²) in [6.45, 7) is 8.35. The summed E-state index contributed by atoms with van der Waals surface area (Å²) in [5.41, 5.74) is 6.13. The van der Waals surface area contributed by atoms with E-state index in [4.69, 9.17) is 4.74 Å². The zero-order valence-electron chi connectivity index (χ0n) is 20.7. The second kappa shape index (κ2) is 10.7. The van der Waals surface area contributed by atoms with Crippen LogP contribution in [0.1, 0.15) is 56.2 Å². The number of aromatic nitrogens is 3. The van der Waals surface area contributed by atoms with Gasteiger partial charge in [-0.1, -0.05) is 64.1 Å². The highest BCUT2D eigenvalue weighted by atomic mass is 16.5. The van der Waals surface area contributed by atoms with E-state index in [1.165, 1.54) is 4.80 Å². The van der Waals surface area contributed by atoms with Crippen LogP contribution in [0.3, 0.4) is 0 Å². The van der Waals surface area contributed by atoms with Gasteiger partial charge in [-0.2, -0.15) is 0 Å². The molecular formula is C28H32N4O3. The first-order valence-corrected chi connectivity index (χ1v) is 12.0. The molecule has 0 aliphatic rings. The van der Waals surface area contributed by atoms with Crippen LogP contribution in [-0.2, 0) is 11.2 Å². The van der Waals surface area contributed by atoms with Crippen LogP contribution in [0.5, 0.6) is 5.75 Å². The summed E-state index contributed by atoms with van der Waals surface area (Å²) in [4.78, 5) is 14.5. The average Bonchev–Trinajstić information content (AvgIpc) is 3.27. The molecule has 0 saturated heterocycles. The molecule has 2 N–H and O–H groups in total. The fourth-order valence-corrected chi connectivity index (χ4v) is 4.11. The Hall–Kier alpha value is -3.71. The molecule has 0 saturated carbocycles. The van der Waals surface area contributed by atoms with Crippen LogP contribution < -0.4 is 10.1 Å². The highest BCUT2D eigenvalue weighted by Gasteiger charge is 2.17. The first-order valence-electron chi connectivity index (χ1n) is 12.0. The molecule has 0 aliphatic carbocycles. The molecule has 1 aromatic heterocycles. The predicted molar refractivity (Wildman–Crippen MR) is 138 cm³/mol. The zero-order chi connectivity index (χ0) is 24.9. The maximum atomic E-state index is 13.0. The number of nitrogens with one attached hydrogen (secondary N) is 1. The van der Waals surface area contributed by atoms with Gasteiger partial charge in [-0.05, 0) is 59.2 Å². The normalized spacial score (nSPS) is 11.4. The number of hydrogen-bond donors (Lipinski definition) is 2. The van der Waals surface area contributed by atoms with Gasteiger partial charge in [-0.15, -0.1) is 15.0 Å². The lowest BCUT2D eigenvalue weighted by Crippen LogP contribution is -2.22. The third-order valence-corrected chi connectivity index (χ3v) is 5.92. The van der Waals surface area contributed by atoms with Gasteiger partial charge in [-0.3, -0.25) is 4.79 Å². The molecule has 0 unspecified atom stereocenters. The van der Waals surface area contributed by atoms with E-state index in [0.29, 0.717) is 17.9 Å². The standard InChI is InChI=1S/C28H32N4O3/c1-18(2)21-8-7-9-22(19(3)4)28(21)29-27(34)17-35-26-13-12-20(14-15-33)16-25(26)32-30-23-10-5-6-11-24(23)31-32/h5-13,16,18-19,33H,14-15,17H2,1-4H3,(H,29,34). The second-order valence-corrected chi connectivity index (χ2v) is 9.21. The van der Waals surface area contributed by atoms with Crippen LogP contribution in [0.2, 0.25) is 0 Å². The van der Waals surface area contributed by atoms with E-state index in [2.05, 4.69) is 55.3 Å². The van der Waals surface area contributed by atoms with Crippen molar-refractivity contribution in [3.63, 3.8) is 0 Å². The summed E-state index contributed by atoms with van der Waals surface area (Å²) in [6.07, 6.45) is 0.499. The molecule has 3 aromatic carbocycles. The molecule has 0 spiro atoms. The van der Waals surface area contributed by atoms with Gasteiger partial charge in [0.1, 0.15) is 22.5 Å². The van der Waals surface area contributed by atoms with Crippen LogP contribution in [0.4, 0.5) is 5.69 Å². The van der Waals surface area contributed by atoms with E-state index in [-0.39, 0.29) is 31.0 Å². The Morgan fingerprint density at radius 2 is 1.57 bits per heavy atom. The molecule has 0 aliphatic heterocycles. The van der Waals surface area contributed by atoms with Crippen molar-refractivity contribution in [1.29, 1.82) is 0 Å². The number of nitrogens with zero attached hydrogens (tertiary/aromatic N) is 3. The fourth-order valence-electron chi connectivity index (χ4n) is 4.11. The van der Waals surface area contributed by atoms with Gasteiger partial charge in [0.2, 0.25) is 0 Å². The van der Waals surface area contributed by atoms with Crippen LogP contribution in [0, 0.1) is 0 Å². The summed E-state index contributed by atoms with van der Waals surface area (Å²) in [5.74, 6) is 0.804. The van der Waals surface area contributed by atoms with E-state index >= 15 is 0 Å². The molecule has 7 nitrogen and oxygen atoms in total. The van der Waals surface area contributed by atoms with Crippen molar-refractivity contribution < 1.29 is 14.6 Å². The summed E-state index contributed by atoms with van der Waals surface area (Å²) in [7, 11) is 0. The van der Waals surface area contributed by atoms with Crippen LogP contribution >= 0.6 is 0 Å². The smallest absolute Gasteiger partial charge is 0.262 e. The van der Waals surface area contributed by atoms with E-state index in [1.54, 1.807) is 6.07 Å². The highest BCUT2D eigenvalue weighted by molar-refractivity contribution is 5.93. The lowest BCUT2D eigenvalue weighted by molar-refractivity contribution is -0.118. The number of benzene rings is 3. The van der Waals surface area contributed by atoms with E-state index in [1.807, 2.05) is 42.5 Å². The minimum absolute atomic E-state index is 0.0318. The fraction of sp³-hybridized carbons (Fsp3) is 0.321.